The molecule has 2 unspecified atom stereocenters. The van der Waals surface area contributed by atoms with Crippen LogP contribution in [-0.2, 0) is 6.54 Å². The van der Waals surface area contributed by atoms with E-state index in [2.05, 4.69) is 15.2 Å². The third-order valence-corrected chi connectivity index (χ3v) is 5.82. The SMILES string of the molecule is O=C(NC(c1ccccn1)C1CCCN(Cc2cccc(F)c2F)C1)c1cccc(F)c1. The topological polar surface area (TPSA) is 45.2 Å². The first kappa shape index (κ1) is 22.0. The average Bonchev–Trinajstić information content (AvgIpc) is 2.81. The van der Waals surface area contributed by atoms with Gasteiger partial charge in [-0.25, -0.2) is 13.2 Å². The second-order valence-corrected chi connectivity index (χ2v) is 8.07. The molecule has 1 saturated heterocycles. The van der Waals surface area contributed by atoms with Crippen LogP contribution in [0.3, 0.4) is 0 Å². The highest BCUT2D eigenvalue weighted by atomic mass is 19.2. The normalized spacial score (nSPS) is 17.7. The highest BCUT2D eigenvalue weighted by molar-refractivity contribution is 5.94. The van der Waals surface area contributed by atoms with E-state index in [1.54, 1.807) is 24.4 Å². The van der Waals surface area contributed by atoms with Gasteiger partial charge in [-0.1, -0.05) is 24.3 Å². The van der Waals surface area contributed by atoms with E-state index in [1.807, 2.05) is 12.1 Å². The van der Waals surface area contributed by atoms with Crippen LogP contribution in [0.2, 0.25) is 0 Å². The number of benzene rings is 2. The number of hydrogen-bond donors (Lipinski definition) is 1. The molecule has 1 N–H and O–H groups in total. The predicted molar refractivity (Wildman–Crippen MR) is 115 cm³/mol. The Bertz CT molecular complexity index is 1080. The molecule has 4 rings (SSSR count). The lowest BCUT2D eigenvalue weighted by atomic mass is 9.88. The average molecular weight is 439 g/mol. The molecule has 2 atom stereocenters. The van der Waals surface area contributed by atoms with Gasteiger partial charge >= 0.3 is 0 Å². The van der Waals surface area contributed by atoms with Gasteiger partial charge in [-0.05, 0) is 61.7 Å². The van der Waals surface area contributed by atoms with Gasteiger partial charge in [0.1, 0.15) is 5.82 Å². The van der Waals surface area contributed by atoms with Gasteiger partial charge in [0, 0.05) is 30.4 Å². The van der Waals surface area contributed by atoms with E-state index in [0.29, 0.717) is 17.8 Å². The number of rotatable bonds is 6. The number of likely N-dealkylation sites (tertiary alicyclic amines) is 1. The summed E-state index contributed by atoms with van der Waals surface area (Å²) in [5, 5.41) is 3.02. The summed E-state index contributed by atoms with van der Waals surface area (Å²) in [6.45, 7) is 1.62. The number of amides is 1. The number of nitrogens with one attached hydrogen (secondary N) is 1. The van der Waals surface area contributed by atoms with Gasteiger partial charge in [-0.2, -0.15) is 0 Å². The van der Waals surface area contributed by atoms with Crippen LogP contribution < -0.4 is 5.32 Å². The molecule has 1 aliphatic rings. The predicted octanol–water partition coefficient (Wildman–Crippen LogP) is 4.88. The summed E-state index contributed by atoms with van der Waals surface area (Å²) >= 11 is 0. The van der Waals surface area contributed by atoms with Crippen LogP contribution in [0.5, 0.6) is 0 Å². The first-order valence-electron chi connectivity index (χ1n) is 10.6. The van der Waals surface area contributed by atoms with Crippen LogP contribution in [0, 0.1) is 23.4 Å². The largest absolute Gasteiger partial charge is 0.343 e. The standard InChI is InChI=1S/C25H24F3N3O/c26-20-9-3-6-17(14-20)25(32)30-24(22-11-1-2-12-29-22)19-8-5-13-31(16-19)15-18-7-4-10-21(27)23(18)28/h1-4,6-7,9-12,14,19,24H,5,8,13,15-16H2,(H,30,32). The maximum atomic E-state index is 14.2. The summed E-state index contributed by atoms with van der Waals surface area (Å²) < 4.78 is 41.4. The molecule has 7 heteroatoms. The first-order valence-corrected chi connectivity index (χ1v) is 10.6. The second-order valence-electron chi connectivity index (χ2n) is 8.07. The van der Waals surface area contributed by atoms with Gasteiger partial charge in [-0.3, -0.25) is 14.7 Å². The number of carbonyl (C=O) groups excluding carboxylic acids is 1. The molecule has 4 nitrogen and oxygen atoms in total. The lowest BCUT2D eigenvalue weighted by Crippen LogP contribution is -2.43. The molecule has 32 heavy (non-hydrogen) atoms. The van der Waals surface area contributed by atoms with Gasteiger partial charge in [0.25, 0.3) is 5.91 Å². The zero-order chi connectivity index (χ0) is 22.5. The molecule has 2 aromatic carbocycles. The van der Waals surface area contributed by atoms with Crippen molar-refractivity contribution in [1.29, 1.82) is 0 Å². The van der Waals surface area contributed by atoms with Crippen LogP contribution in [0.1, 0.15) is 40.5 Å². The third-order valence-electron chi connectivity index (χ3n) is 5.82. The number of aromatic nitrogens is 1. The van der Waals surface area contributed by atoms with Crippen molar-refractivity contribution in [2.75, 3.05) is 13.1 Å². The monoisotopic (exact) mass is 439 g/mol. The van der Waals surface area contributed by atoms with E-state index in [-0.39, 0.29) is 23.9 Å². The number of halogens is 3. The van der Waals surface area contributed by atoms with Gasteiger partial charge in [-0.15, -0.1) is 0 Å². The molecule has 1 amide bonds. The Kier molecular flexibility index (Phi) is 6.85. The second kappa shape index (κ2) is 9.96. The summed E-state index contributed by atoms with van der Waals surface area (Å²) in [7, 11) is 0. The zero-order valence-electron chi connectivity index (χ0n) is 17.5. The van der Waals surface area contributed by atoms with Crippen molar-refractivity contribution in [1.82, 2.24) is 15.2 Å². The summed E-state index contributed by atoms with van der Waals surface area (Å²) in [4.78, 5) is 19.4. The van der Waals surface area contributed by atoms with Gasteiger partial charge in [0.2, 0.25) is 0 Å². The van der Waals surface area contributed by atoms with Crippen molar-refractivity contribution in [2.45, 2.75) is 25.4 Å². The molecule has 2 heterocycles. The van der Waals surface area contributed by atoms with Crippen molar-refractivity contribution in [3.63, 3.8) is 0 Å². The van der Waals surface area contributed by atoms with Crippen molar-refractivity contribution in [3.05, 3.63) is 101 Å². The van der Waals surface area contributed by atoms with Crippen LogP contribution >= 0.6 is 0 Å². The third kappa shape index (κ3) is 5.16. The van der Waals surface area contributed by atoms with Crippen molar-refractivity contribution >= 4 is 5.91 Å². The Morgan fingerprint density at radius 3 is 2.72 bits per heavy atom. The number of nitrogens with zero attached hydrogens (tertiary/aromatic N) is 2. The number of piperidine rings is 1. The minimum absolute atomic E-state index is 0.00720. The molecule has 0 bridgehead atoms. The molecular weight excluding hydrogens is 415 g/mol. The fraction of sp³-hybridized carbons (Fsp3) is 0.280. The van der Waals surface area contributed by atoms with Crippen molar-refractivity contribution < 1.29 is 18.0 Å². The lowest BCUT2D eigenvalue weighted by Gasteiger charge is -2.37. The zero-order valence-corrected chi connectivity index (χ0v) is 17.5. The molecule has 0 spiro atoms. The summed E-state index contributed by atoms with van der Waals surface area (Å²) in [6.07, 6.45) is 3.35. The van der Waals surface area contributed by atoms with E-state index in [1.165, 1.54) is 24.3 Å². The molecule has 1 aliphatic heterocycles. The summed E-state index contributed by atoms with van der Waals surface area (Å²) in [6, 6.07) is 14.9. The van der Waals surface area contributed by atoms with Crippen LogP contribution in [0.15, 0.2) is 66.9 Å². The Morgan fingerprint density at radius 2 is 1.94 bits per heavy atom. The summed E-state index contributed by atoms with van der Waals surface area (Å²) in [5.74, 6) is -2.53. The molecule has 3 aromatic rings. The molecule has 0 radical (unpaired) electrons. The minimum atomic E-state index is -0.857. The molecule has 0 aliphatic carbocycles. The Balaban J connectivity index is 1.54. The van der Waals surface area contributed by atoms with Gasteiger partial charge in [0.05, 0.1) is 11.7 Å². The maximum absolute atomic E-state index is 14.2. The smallest absolute Gasteiger partial charge is 0.251 e. The van der Waals surface area contributed by atoms with Crippen molar-refractivity contribution in [3.8, 4) is 0 Å². The van der Waals surface area contributed by atoms with Gasteiger partial charge in [0.15, 0.2) is 11.6 Å². The lowest BCUT2D eigenvalue weighted by molar-refractivity contribution is 0.0873. The van der Waals surface area contributed by atoms with Crippen LogP contribution in [0.25, 0.3) is 0 Å². The number of hydrogen-bond acceptors (Lipinski definition) is 3. The first-order chi connectivity index (χ1) is 15.5. The Labute approximate surface area is 185 Å². The summed E-state index contributed by atoms with van der Waals surface area (Å²) in [5.41, 5.74) is 1.25. The fourth-order valence-electron chi connectivity index (χ4n) is 4.27. The Morgan fingerprint density at radius 1 is 1.09 bits per heavy atom. The number of carbonyl (C=O) groups is 1. The van der Waals surface area contributed by atoms with Gasteiger partial charge < -0.3 is 5.32 Å². The maximum Gasteiger partial charge on any atom is 0.251 e. The quantitative estimate of drug-likeness (QED) is 0.595. The molecule has 0 saturated carbocycles. The Hall–Kier alpha value is -3.19. The molecule has 1 aromatic heterocycles. The highest BCUT2D eigenvalue weighted by Crippen LogP contribution is 2.30. The van der Waals surface area contributed by atoms with E-state index in [9.17, 15) is 18.0 Å². The molecule has 1 fully saturated rings. The minimum Gasteiger partial charge on any atom is -0.343 e. The van der Waals surface area contributed by atoms with Crippen molar-refractivity contribution in [2.24, 2.45) is 5.92 Å². The van der Waals surface area contributed by atoms with Crippen LogP contribution in [-0.4, -0.2) is 28.9 Å². The van der Waals surface area contributed by atoms with E-state index in [0.717, 1.165) is 25.5 Å². The highest BCUT2D eigenvalue weighted by Gasteiger charge is 2.31. The fourth-order valence-corrected chi connectivity index (χ4v) is 4.27. The van der Waals surface area contributed by atoms with Crippen LogP contribution in [0.4, 0.5) is 13.2 Å². The molecule has 166 valence electrons. The van der Waals surface area contributed by atoms with E-state index < -0.39 is 23.5 Å². The van der Waals surface area contributed by atoms with E-state index in [4.69, 9.17) is 0 Å². The number of pyridine rings is 1. The van der Waals surface area contributed by atoms with E-state index >= 15 is 0 Å². The molecular formula is C25H24F3N3O.